The molecular formula is C15H17F3N4. The van der Waals surface area contributed by atoms with Crippen LogP contribution < -0.4 is 11.1 Å². The zero-order valence-electron chi connectivity index (χ0n) is 12.1. The summed E-state index contributed by atoms with van der Waals surface area (Å²) in [6.07, 6.45) is -2.21. The zero-order valence-corrected chi connectivity index (χ0v) is 12.1. The maximum absolute atomic E-state index is 12.9. The Morgan fingerprint density at radius 3 is 2.68 bits per heavy atom. The van der Waals surface area contributed by atoms with Crippen molar-refractivity contribution >= 4 is 5.69 Å². The van der Waals surface area contributed by atoms with E-state index in [1.54, 1.807) is 12.3 Å². The van der Waals surface area contributed by atoms with Gasteiger partial charge in [0.25, 0.3) is 0 Å². The Morgan fingerprint density at radius 1 is 1.27 bits per heavy atom. The summed E-state index contributed by atoms with van der Waals surface area (Å²) >= 11 is 0. The average Bonchev–Trinajstić information content (AvgIpc) is 2.52. The van der Waals surface area contributed by atoms with Gasteiger partial charge >= 0.3 is 6.18 Å². The molecule has 0 amide bonds. The van der Waals surface area contributed by atoms with Crippen molar-refractivity contribution in [2.45, 2.75) is 19.5 Å². The fraction of sp³-hybridized carbons (Fsp3) is 0.333. The summed E-state index contributed by atoms with van der Waals surface area (Å²) in [5.41, 5.74) is 6.16. The van der Waals surface area contributed by atoms with E-state index in [0.717, 1.165) is 12.1 Å². The lowest BCUT2D eigenvalue weighted by Gasteiger charge is -2.13. The monoisotopic (exact) mass is 310 g/mol. The van der Waals surface area contributed by atoms with Crippen molar-refractivity contribution in [1.82, 2.24) is 9.97 Å². The fourth-order valence-electron chi connectivity index (χ4n) is 1.99. The number of hydrogen-bond acceptors (Lipinski definition) is 4. The predicted molar refractivity (Wildman–Crippen MR) is 79.4 cm³/mol. The van der Waals surface area contributed by atoms with Crippen molar-refractivity contribution in [3.8, 4) is 11.3 Å². The first-order valence-corrected chi connectivity index (χ1v) is 6.93. The van der Waals surface area contributed by atoms with Gasteiger partial charge in [-0.3, -0.25) is 0 Å². The van der Waals surface area contributed by atoms with E-state index in [2.05, 4.69) is 15.3 Å². The van der Waals surface area contributed by atoms with Crippen LogP contribution >= 0.6 is 0 Å². The fourth-order valence-corrected chi connectivity index (χ4v) is 1.99. The van der Waals surface area contributed by atoms with Gasteiger partial charge in [0.05, 0.1) is 23.1 Å². The minimum absolute atomic E-state index is 0.395. The Kier molecular flexibility index (Phi) is 4.97. The van der Waals surface area contributed by atoms with Gasteiger partial charge in [0.15, 0.2) is 0 Å². The molecule has 0 unspecified atom stereocenters. The highest BCUT2D eigenvalue weighted by Crippen LogP contribution is 2.33. The molecule has 118 valence electrons. The molecule has 1 aromatic heterocycles. The lowest BCUT2D eigenvalue weighted by molar-refractivity contribution is -0.137. The quantitative estimate of drug-likeness (QED) is 0.891. The Hall–Kier alpha value is -2.15. The molecule has 0 spiro atoms. The molecule has 0 aliphatic carbocycles. The first-order chi connectivity index (χ1) is 10.5. The van der Waals surface area contributed by atoms with Crippen LogP contribution in [0.15, 0.2) is 30.5 Å². The van der Waals surface area contributed by atoms with Crippen LogP contribution in [0.4, 0.5) is 18.9 Å². The van der Waals surface area contributed by atoms with Crippen molar-refractivity contribution < 1.29 is 13.2 Å². The summed E-state index contributed by atoms with van der Waals surface area (Å²) < 4.78 is 38.6. The van der Waals surface area contributed by atoms with E-state index in [-0.39, 0.29) is 0 Å². The molecule has 0 aliphatic rings. The third kappa shape index (κ3) is 3.73. The largest absolute Gasteiger partial charge is 0.416 e. The van der Waals surface area contributed by atoms with Crippen LogP contribution in [0.2, 0.25) is 0 Å². The first-order valence-electron chi connectivity index (χ1n) is 6.93. The second-order valence-corrected chi connectivity index (χ2v) is 4.70. The maximum atomic E-state index is 12.9. The van der Waals surface area contributed by atoms with Gasteiger partial charge in [0, 0.05) is 25.1 Å². The Bertz CT molecular complexity index is 641. The number of benzene rings is 1. The normalized spacial score (nSPS) is 11.5. The number of anilines is 1. The molecule has 2 rings (SSSR count). The molecule has 2 aromatic rings. The number of alkyl halides is 3. The Labute approximate surface area is 126 Å². The van der Waals surface area contributed by atoms with E-state index >= 15 is 0 Å². The number of aromatic nitrogens is 2. The zero-order chi connectivity index (χ0) is 16.2. The lowest BCUT2D eigenvalue weighted by atomic mass is 10.1. The SMILES string of the molecule is CCc1ncc(NCCN)c(-c2cccc(C(F)(F)F)c2)n1. The van der Waals surface area contributed by atoms with Gasteiger partial charge in [0.1, 0.15) is 5.82 Å². The number of nitrogens with zero attached hydrogens (tertiary/aromatic N) is 2. The average molecular weight is 310 g/mol. The third-order valence-electron chi connectivity index (χ3n) is 3.08. The molecule has 1 heterocycles. The summed E-state index contributed by atoms with van der Waals surface area (Å²) in [6, 6.07) is 5.11. The second kappa shape index (κ2) is 6.74. The molecule has 0 radical (unpaired) electrons. The van der Waals surface area contributed by atoms with Gasteiger partial charge in [0.2, 0.25) is 0 Å². The smallest absolute Gasteiger partial charge is 0.381 e. The van der Waals surface area contributed by atoms with Gasteiger partial charge in [-0.05, 0) is 12.1 Å². The van der Waals surface area contributed by atoms with Crippen molar-refractivity contribution in [3.63, 3.8) is 0 Å². The molecule has 0 fully saturated rings. The highest BCUT2D eigenvalue weighted by Gasteiger charge is 2.30. The van der Waals surface area contributed by atoms with Crippen molar-refractivity contribution in [2.24, 2.45) is 5.73 Å². The predicted octanol–water partition coefficient (Wildman–Crippen LogP) is 3.10. The molecule has 0 aliphatic heterocycles. The number of hydrogen-bond donors (Lipinski definition) is 2. The van der Waals surface area contributed by atoms with Gasteiger partial charge in [-0.2, -0.15) is 13.2 Å². The standard InChI is InChI=1S/C15H17F3N4/c1-2-13-21-9-12(20-7-6-19)14(22-13)10-4-3-5-11(8-10)15(16,17)18/h3-5,8-9,20H,2,6-7,19H2,1H3. The van der Waals surface area contributed by atoms with Crippen molar-refractivity contribution in [1.29, 1.82) is 0 Å². The first kappa shape index (κ1) is 16.2. The molecular weight excluding hydrogens is 293 g/mol. The highest BCUT2D eigenvalue weighted by molar-refractivity contribution is 5.74. The minimum Gasteiger partial charge on any atom is -0.381 e. The molecule has 0 atom stereocenters. The van der Waals surface area contributed by atoms with E-state index < -0.39 is 11.7 Å². The van der Waals surface area contributed by atoms with Gasteiger partial charge in [-0.25, -0.2) is 9.97 Å². The van der Waals surface area contributed by atoms with Crippen molar-refractivity contribution in [2.75, 3.05) is 18.4 Å². The van der Waals surface area contributed by atoms with Crippen LogP contribution in [-0.4, -0.2) is 23.1 Å². The van der Waals surface area contributed by atoms with Crippen LogP contribution in [0.3, 0.4) is 0 Å². The number of aryl methyl sites for hydroxylation is 1. The minimum atomic E-state index is -4.39. The molecule has 4 nitrogen and oxygen atoms in total. The second-order valence-electron chi connectivity index (χ2n) is 4.70. The number of halogens is 3. The molecule has 0 saturated carbocycles. The maximum Gasteiger partial charge on any atom is 0.416 e. The van der Waals surface area contributed by atoms with E-state index in [4.69, 9.17) is 5.73 Å². The van der Waals surface area contributed by atoms with Crippen LogP contribution in [0.5, 0.6) is 0 Å². The van der Waals surface area contributed by atoms with Crippen LogP contribution in [0.25, 0.3) is 11.3 Å². The summed E-state index contributed by atoms with van der Waals surface area (Å²) in [5.74, 6) is 0.575. The highest BCUT2D eigenvalue weighted by atomic mass is 19.4. The summed E-state index contributed by atoms with van der Waals surface area (Å²) in [6.45, 7) is 2.77. The van der Waals surface area contributed by atoms with Gasteiger partial charge in [-0.1, -0.05) is 19.1 Å². The lowest BCUT2D eigenvalue weighted by Crippen LogP contribution is -2.14. The molecule has 1 aromatic carbocycles. The van der Waals surface area contributed by atoms with Crippen LogP contribution in [0, 0.1) is 0 Å². The van der Waals surface area contributed by atoms with Crippen LogP contribution in [0.1, 0.15) is 18.3 Å². The number of nitrogens with two attached hydrogens (primary N) is 1. The molecule has 0 saturated heterocycles. The van der Waals surface area contributed by atoms with Gasteiger partial charge in [-0.15, -0.1) is 0 Å². The van der Waals surface area contributed by atoms with E-state index in [1.807, 2.05) is 6.92 Å². The Morgan fingerprint density at radius 2 is 2.05 bits per heavy atom. The number of rotatable bonds is 5. The van der Waals surface area contributed by atoms with Gasteiger partial charge < -0.3 is 11.1 Å². The van der Waals surface area contributed by atoms with E-state index in [1.165, 1.54) is 6.07 Å². The summed E-state index contributed by atoms with van der Waals surface area (Å²) in [7, 11) is 0. The topological polar surface area (TPSA) is 63.8 Å². The molecule has 7 heteroatoms. The summed E-state index contributed by atoms with van der Waals surface area (Å²) in [5, 5.41) is 3.04. The summed E-state index contributed by atoms with van der Waals surface area (Å²) in [4.78, 5) is 8.53. The van der Waals surface area contributed by atoms with E-state index in [0.29, 0.717) is 42.3 Å². The molecule has 3 N–H and O–H groups in total. The third-order valence-corrected chi connectivity index (χ3v) is 3.08. The Balaban J connectivity index is 2.49. The van der Waals surface area contributed by atoms with E-state index in [9.17, 15) is 13.2 Å². The molecule has 22 heavy (non-hydrogen) atoms. The number of nitrogens with one attached hydrogen (secondary N) is 1. The van der Waals surface area contributed by atoms with Crippen LogP contribution in [-0.2, 0) is 12.6 Å². The van der Waals surface area contributed by atoms with Crippen molar-refractivity contribution in [3.05, 3.63) is 41.9 Å². The molecule has 0 bridgehead atoms.